The van der Waals surface area contributed by atoms with E-state index in [9.17, 15) is 9.90 Å². The molecule has 18 heavy (non-hydrogen) atoms. The van der Waals surface area contributed by atoms with Crippen molar-refractivity contribution in [1.82, 2.24) is 9.97 Å². The molecule has 2 N–H and O–H groups in total. The Morgan fingerprint density at radius 2 is 2.17 bits per heavy atom. The molecule has 0 aliphatic carbocycles. The number of halogens is 1. The van der Waals surface area contributed by atoms with Crippen LogP contribution < -0.4 is 5.32 Å². The summed E-state index contributed by atoms with van der Waals surface area (Å²) in [7, 11) is 0. The van der Waals surface area contributed by atoms with Crippen molar-refractivity contribution in [2.75, 3.05) is 5.32 Å². The summed E-state index contributed by atoms with van der Waals surface area (Å²) in [5.41, 5.74) is 1.05. The van der Waals surface area contributed by atoms with Gasteiger partial charge < -0.3 is 10.4 Å². The number of hydrogen-bond donors (Lipinski definition) is 2. The number of hydrogen-bond acceptors (Lipinski definition) is 4. The van der Waals surface area contributed by atoms with Crippen molar-refractivity contribution >= 4 is 23.3 Å². The van der Waals surface area contributed by atoms with Crippen molar-refractivity contribution in [2.24, 2.45) is 0 Å². The number of nitrogens with zero attached hydrogens (tertiary/aromatic N) is 2. The van der Waals surface area contributed by atoms with E-state index in [0.717, 1.165) is 0 Å². The van der Waals surface area contributed by atoms with E-state index in [1.165, 1.54) is 18.3 Å². The van der Waals surface area contributed by atoms with Gasteiger partial charge in [0, 0.05) is 11.8 Å². The maximum atomic E-state index is 11.9. The number of phenolic OH excluding ortho intramolecular Hbond substituents is 1. The number of benzene rings is 1. The first-order valence-corrected chi connectivity index (χ1v) is 5.53. The zero-order valence-corrected chi connectivity index (χ0v) is 10.3. The Hall–Kier alpha value is -2.14. The molecule has 0 atom stereocenters. The van der Waals surface area contributed by atoms with Crippen molar-refractivity contribution in [1.29, 1.82) is 0 Å². The third kappa shape index (κ3) is 2.75. The molecule has 6 heteroatoms. The highest BCUT2D eigenvalue weighted by atomic mass is 35.5. The highest BCUT2D eigenvalue weighted by Gasteiger charge is 2.09. The first-order valence-electron chi connectivity index (χ1n) is 5.16. The van der Waals surface area contributed by atoms with Crippen LogP contribution in [0.3, 0.4) is 0 Å². The Bertz CT molecular complexity index is 602. The maximum Gasteiger partial charge on any atom is 0.256 e. The van der Waals surface area contributed by atoms with Crippen molar-refractivity contribution in [3.63, 3.8) is 0 Å². The molecule has 0 aliphatic rings. The van der Waals surface area contributed by atoms with Crippen molar-refractivity contribution < 1.29 is 9.90 Å². The second-order valence-electron chi connectivity index (χ2n) is 3.67. The lowest BCUT2D eigenvalue weighted by molar-refractivity contribution is 0.102. The number of carbonyl (C=O) groups is 1. The van der Waals surface area contributed by atoms with Crippen LogP contribution in [0.2, 0.25) is 5.28 Å². The van der Waals surface area contributed by atoms with Crippen molar-refractivity contribution in [3.05, 3.63) is 46.9 Å². The van der Waals surface area contributed by atoms with Gasteiger partial charge >= 0.3 is 0 Å². The average Bonchev–Trinajstić information content (AvgIpc) is 2.32. The smallest absolute Gasteiger partial charge is 0.256 e. The van der Waals surface area contributed by atoms with Crippen LogP contribution in [0.15, 0.2) is 30.5 Å². The van der Waals surface area contributed by atoms with Gasteiger partial charge in [-0.05, 0) is 42.3 Å². The van der Waals surface area contributed by atoms with Crippen LogP contribution in [0.4, 0.5) is 5.82 Å². The minimum atomic E-state index is -0.375. The molecular weight excluding hydrogens is 254 g/mol. The Kier molecular flexibility index (Phi) is 3.43. The molecule has 0 unspecified atom stereocenters. The van der Waals surface area contributed by atoms with E-state index >= 15 is 0 Å². The van der Waals surface area contributed by atoms with E-state index in [1.54, 1.807) is 19.1 Å². The first-order chi connectivity index (χ1) is 8.56. The number of aromatic nitrogens is 2. The van der Waals surface area contributed by atoms with Gasteiger partial charge in [0.25, 0.3) is 5.91 Å². The monoisotopic (exact) mass is 263 g/mol. The largest absolute Gasteiger partial charge is 0.508 e. The second kappa shape index (κ2) is 5.01. The lowest BCUT2D eigenvalue weighted by Crippen LogP contribution is -2.13. The highest BCUT2D eigenvalue weighted by Crippen LogP contribution is 2.18. The van der Waals surface area contributed by atoms with Crippen LogP contribution in [-0.2, 0) is 0 Å². The van der Waals surface area contributed by atoms with Crippen LogP contribution in [0.5, 0.6) is 5.75 Å². The normalized spacial score (nSPS) is 10.1. The van der Waals surface area contributed by atoms with Crippen LogP contribution in [0, 0.1) is 6.92 Å². The van der Waals surface area contributed by atoms with Crippen LogP contribution in [0.25, 0.3) is 0 Å². The van der Waals surface area contributed by atoms with Gasteiger partial charge in [-0.25, -0.2) is 9.97 Å². The number of aromatic hydroxyl groups is 1. The molecule has 2 aromatic rings. The molecule has 0 saturated heterocycles. The lowest BCUT2D eigenvalue weighted by atomic mass is 10.1. The quantitative estimate of drug-likeness (QED) is 0.816. The topological polar surface area (TPSA) is 75.1 Å². The van der Waals surface area contributed by atoms with E-state index in [0.29, 0.717) is 16.9 Å². The zero-order valence-electron chi connectivity index (χ0n) is 9.51. The SMILES string of the molecule is Cc1ccc(C(=O)Nc2ccnc(Cl)n2)cc1O. The summed E-state index contributed by atoms with van der Waals surface area (Å²) in [5, 5.41) is 12.1. The molecule has 1 heterocycles. The Morgan fingerprint density at radius 1 is 1.39 bits per heavy atom. The lowest BCUT2D eigenvalue weighted by Gasteiger charge is -2.05. The summed E-state index contributed by atoms with van der Waals surface area (Å²) in [4.78, 5) is 19.4. The number of carbonyl (C=O) groups excluding carboxylic acids is 1. The molecule has 92 valence electrons. The first kappa shape index (κ1) is 12.3. The summed E-state index contributed by atoms with van der Waals surface area (Å²) in [6.45, 7) is 1.75. The van der Waals surface area contributed by atoms with E-state index in [-0.39, 0.29) is 16.9 Å². The van der Waals surface area contributed by atoms with Gasteiger partial charge in [-0.1, -0.05) is 6.07 Å². The Labute approximate surface area is 108 Å². The molecule has 0 aliphatic heterocycles. The minimum Gasteiger partial charge on any atom is -0.508 e. The summed E-state index contributed by atoms with van der Waals surface area (Å²) >= 11 is 5.61. The third-order valence-corrected chi connectivity index (χ3v) is 2.52. The predicted octanol–water partition coefficient (Wildman–Crippen LogP) is 2.40. The van der Waals surface area contributed by atoms with Crippen LogP contribution in [-0.4, -0.2) is 21.0 Å². The summed E-state index contributed by atoms with van der Waals surface area (Å²) < 4.78 is 0. The average molecular weight is 264 g/mol. The molecule has 0 spiro atoms. The van der Waals surface area contributed by atoms with Crippen molar-refractivity contribution in [2.45, 2.75) is 6.92 Å². The predicted molar refractivity (Wildman–Crippen MR) is 67.8 cm³/mol. The number of rotatable bonds is 2. The summed E-state index contributed by atoms with van der Waals surface area (Å²) in [6.07, 6.45) is 1.44. The van der Waals surface area contributed by atoms with Gasteiger partial charge in [-0.15, -0.1) is 0 Å². The Balaban J connectivity index is 2.19. The van der Waals surface area contributed by atoms with Gasteiger partial charge in [0.15, 0.2) is 0 Å². The summed E-state index contributed by atoms with van der Waals surface area (Å²) in [5.74, 6) is 0.00324. The number of anilines is 1. The Morgan fingerprint density at radius 3 is 2.83 bits per heavy atom. The van der Waals surface area contributed by atoms with Gasteiger partial charge in [-0.3, -0.25) is 4.79 Å². The molecule has 1 aromatic heterocycles. The highest BCUT2D eigenvalue weighted by molar-refractivity contribution is 6.28. The van der Waals surface area contributed by atoms with Gasteiger partial charge in [0.05, 0.1) is 0 Å². The maximum absolute atomic E-state index is 11.9. The molecule has 0 bridgehead atoms. The molecule has 0 saturated carbocycles. The zero-order chi connectivity index (χ0) is 13.1. The van der Waals surface area contributed by atoms with Crippen molar-refractivity contribution in [3.8, 4) is 5.75 Å². The standard InChI is InChI=1S/C12H10ClN3O2/c1-7-2-3-8(6-9(7)17)11(18)15-10-4-5-14-12(13)16-10/h2-6,17H,1H3,(H,14,15,16,18). The van der Waals surface area contributed by atoms with E-state index in [4.69, 9.17) is 11.6 Å². The molecule has 0 radical (unpaired) electrons. The molecular formula is C12H10ClN3O2. The second-order valence-corrected chi connectivity index (χ2v) is 4.00. The van der Waals surface area contributed by atoms with E-state index in [1.807, 2.05) is 0 Å². The fourth-order valence-electron chi connectivity index (χ4n) is 1.34. The van der Waals surface area contributed by atoms with Gasteiger partial charge in [-0.2, -0.15) is 0 Å². The van der Waals surface area contributed by atoms with E-state index in [2.05, 4.69) is 15.3 Å². The van der Waals surface area contributed by atoms with Crippen LogP contribution in [0.1, 0.15) is 15.9 Å². The molecule has 1 amide bonds. The molecule has 0 fully saturated rings. The molecule has 2 rings (SSSR count). The number of aryl methyl sites for hydroxylation is 1. The third-order valence-electron chi connectivity index (χ3n) is 2.34. The van der Waals surface area contributed by atoms with Crippen LogP contribution >= 0.6 is 11.6 Å². The molecule has 5 nitrogen and oxygen atoms in total. The fourth-order valence-corrected chi connectivity index (χ4v) is 1.49. The number of amides is 1. The summed E-state index contributed by atoms with van der Waals surface area (Å²) in [6, 6.07) is 6.20. The van der Waals surface area contributed by atoms with E-state index < -0.39 is 0 Å². The molecule has 1 aromatic carbocycles. The van der Waals surface area contributed by atoms with Gasteiger partial charge in [0.2, 0.25) is 5.28 Å². The fraction of sp³-hybridized carbons (Fsp3) is 0.0833. The number of phenols is 1. The van der Waals surface area contributed by atoms with Gasteiger partial charge in [0.1, 0.15) is 11.6 Å². The number of nitrogens with one attached hydrogen (secondary N) is 1. The minimum absolute atomic E-state index is 0.0551.